The van der Waals surface area contributed by atoms with E-state index in [1.54, 1.807) is 37.4 Å². The summed E-state index contributed by atoms with van der Waals surface area (Å²) in [6, 6.07) is 9.88. The van der Waals surface area contributed by atoms with E-state index in [0.29, 0.717) is 22.3 Å². The van der Waals surface area contributed by atoms with Gasteiger partial charge < -0.3 is 24.3 Å². The maximum absolute atomic E-state index is 12.3. The van der Waals surface area contributed by atoms with Crippen LogP contribution in [-0.4, -0.2) is 39.3 Å². The third-order valence-corrected chi connectivity index (χ3v) is 4.18. The van der Waals surface area contributed by atoms with Gasteiger partial charge in [0, 0.05) is 11.6 Å². The van der Waals surface area contributed by atoms with Crippen molar-refractivity contribution >= 4 is 23.5 Å². The molecule has 0 saturated heterocycles. The Hall–Kier alpha value is -2.93. The highest BCUT2D eigenvalue weighted by Crippen LogP contribution is 2.27. The summed E-state index contributed by atoms with van der Waals surface area (Å²) in [6.45, 7) is 1.72. The van der Waals surface area contributed by atoms with E-state index >= 15 is 0 Å². The zero-order valence-electron chi connectivity index (χ0n) is 16.1. The molecular formula is C20H22ClNO6. The van der Waals surface area contributed by atoms with Crippen LogP contribution in [-0.2, 0) is 16.1 Å². The van der Waals surface area contributed by atoms with Crippen LogP contribution in [0, 0.1) is 0 Å². The summed E-state index contributed by atoms with van der Waals surface area (Å²) in [5.74, 6) is 0.321. The van der Waals surface area contributed by atoms with E-state index in [1.807, 2.05) is 0 Å². The fraction of sp³-hybridized carbons (Fsp3) is 0.300. The lowest BCUT2D eigenvalue weighted by molar-refractivity contribution is -0.129. The van der Waals surface area contributed by atoms with Crippen LogP contribution in [0.1, 0.15) is 22.8 Å². The number of hydrogen-bond acceptors (Lipinski definition) is 6. The largest absolute Gasteiger partial charge is 0.496 e. The van der Waals surface area contributed by atoms with E-state index in [-0.39, 0.29) is 12.1 Å². The van der Waals surface area contributed by atoms with Crippen LogP contribution in [0.15, 0.2) is 36.4 Å². The van der Waals surface area contributed by atoms with Gasteiger partial charge in [-0.15, -0.1) is 0 Å². The van der Waals surface area contributed by atoms with Gasteiger partial charge in [-0.05, 0) is 42.8 Å². The van der Waals surface area contributed by atoms with Crippen molar-refractivity contribution in [1.82, 2.24) is 5.32 Å². The lowest BCUT2D eigenvalue weighted by atomic mass is 10.2. The summed E-state index contributed by atoms with van der Waals surface area (Å²) in [5, 5.41) is 3.07. The molecule has 8 heteroatoms. The number of ether oxygens (including phenoxy) is 4. The molecule has 1 N–H and O–H groups in total. The van der Waals surface area contributed by atoms with Crippen molar-refractivity contribution in [2.45, 2.75) is 19.6 Å². The highest BCUT2D eigenvalue weighted by Gasteiger charge is 2.21. The number of methoxy groups -OCH3 is 3. The maximum atomic E-state index is 12.3. The topological polar surface area (TPSA) is 83.1 Å². The molecule has 0 fully saturated rings. The van der Waals surface area contributed by atoms with Crippen molar-refractivity contribution in [3.05, 3.63) is 52.5 Å². The van der Waals surface area contributed by atoms with Crippen molar-refractivity contribution in [2.75, 3.05) is 21.3 Å². The fourth-order valence-corrected chi connectivity index (χ4v) is 2.61. The van der Waals surface area contributed by atoms with Crippen LogP contribution in [0.3, 0.4) is 0 Å². The molecule has 0 aliphatic heterocycles. The first-order valence-corrected chi connectivity index (χ1v) is 8.80. The van der Waals surface area contributed by atoms with Crippen LogP contribution < -0.4 is 19.5 Å². The lowest BCUT2D eigenvalue weighted by Crippen LogP contribution is -2.35. The van der Waals surface area contributed by atoms with Gasteiger partial charge in [0.05, 0.1) is 21.3 Å². The number of nitrogens with one attached hydrogen (secondary N) is 1. The normalized spacial score (nSPS) is 11.3. The Bertz CT molecular complexity index is 855. The molecule has 0 spiro atoms. The SMILES string of the molecule is COc1ccc(CNC(=O)[C@@H](C)OC(=O)c2cc(Cl)ccc2OC)cc1OC. The first-order chi connectivity index (χ1) is 13.4. The Labute approximate surface area is 168 Å². The summed E-state index contributed by atoms with van der Waals surface area (Å²) in [6.07, 6.45) is -1.00. The Morgan fingerprint density at radius 2 is 1.61 bits per heavy atom. The second kappa shape index (κ2) is 9.85. The van der Waals surface area contributed by atoms with Crippen LogP contribution in [0.4, 0.5) is 0 Å². The predicted octanol–water partition coefficient (Wildman–Crippen LogP) is 3.23. The molecule has 7 nitrogen and oxygen atoms in total. The van der Waals surface area contributed by atoms with E-state index in [2.05, 4.69) is 5.32 Å². The molecular weight excluding hydrogens is 386 g/mol. The van der Waals surface area contributed by atoms with Gasteiger partial charge in [0.2, 0.25) is 0 Å². The van der Waals surface area contributed by atoms with E-state index in [1.165, 1.54) is 27.2 Å². The predicted molar refractivity (Wildman–Crippen MR) is 104 cm³/mol. The smallest absolute Gasteiger partial charge is 0.342 e. The van der Waals surface area contributed by atoms with Crippen molar-refractivity contribution in [1.29, 1.82) is 0 Å². The third kappa shape index (κ3) is 5.29. The summed E-state index contributed by atoms with van der Waals surface area (Å²) < 4.78 is 20.8. The van der Waals surface area contributed by atoms with Gasteiger partial charge in [-0.1, -0.05) is 17.7 Å². The summed E-state index contributed by atoms with van der Waals surface area (Å²) in [5.41, 5.74) is 0.954. The first-order valence-electron chi connectivity index (χ1n) is 8.42. The minimum absolute atomic E-state index is 0.148. The third-order valence-electron chi connectivity index (χ3n) is 3.95. The minimum Gasteiger partial charge on any atom is -0.496 e. The summed E-state index contributed by atoms with van der Waals surface area (Å²) >= 11 is 5.92. The molecule has 2 rings (SSSR count). The number of hydrogen-bond donors (Lipinski definition) is 1. The average Bonchev–Trinajstić information content (AvgIpc) is 2.71. The van der Waals surface area contributed by atoms with Gasteiger partial charge in [0.25, 0.3) is 5.91 Å². The van der Waals surface area contributed by atoms with E-state index < -0.39 is 18.0 Å². The number of carbonyl (C=O) groups is 2. The summed E-state index contributed by atoms with van der Waals surface area (Å²) in [7, 11) is 4.51. The monoisotopic (exact) mass is 407 g/mol. The standard InChI is InChI=1S/C20H22ClNO6/c1-12(28-20(24)15-10-14(21)6-8-16(15)25-2)19(23)22-11-13-5-7-17(26-3)18(9-13)27-4/h5-10,12H,11H2,1-4H3,(H,22,23)/t12-/m1/s1. The van der Waals surface area contributed by atoms with Gasteiger partial charge in [-0.2, -0.15) is 0 Å². The second-order valence-electron chi connectivity index (χ2n) is 5.80. The summed E-state index contributed by atoms with van der Waals surface area (Å²) in [4.78, 5) is 24.6. The molecule has 150 valence electrons. The highest BCUT2D eigenvalue weighted by molar-refractivity contribution is 6.31. The Morgan fingerprint density at radius 1 is 0.964 bits per heavy atom. The van der Waals surface area contributed by atoms with E-state index in [0.717, 1.165) is 5.56 Å². The van der Waals surface area contributed by atoms with Crippen LogP contribution in [0.5, 0.6) is 17.2 Å². The number of rotatable bonds is 8. The molecule has 2 aromatic carbocycles. The molecule has 0 aromatic heterocycles. The maximum Gasteiger partial charge on any atom is 0.342 e. The molecule has 0 bridgehead atoms. The molecule has 2 aromatic rings. The molecule has 0 unspecified atom stereocenters. The molecule has 0 aliphatic carbocycles. The molecule has 0 saturated carbocycles. The number of amides is 1. The number of benzene rings is 2. The quantitative estimate of drug-likeness (QED) is 0.676. The highest BCUT2D eigenvalue weighted by atomic mass is 35.5. The first kappa shape index (κ1) is 21.4. The Balaban J connectivity index is 1.98. The second-order valence-corrected chi connectivity index (χ2v) is 6.24. The van der Waals surface area contributed by atoms with Gasteiger partial charge >= 0.3 is 5.97 Å². The van der Waals surface area contributed by atoms with Crippen molar-refractivity contribution < 1.29 is 28.5 Å². The molecule has 0 heterocycles. The fourth-order valence-electron chi connectivity index (χ4n) is 2.44. The van der Waals surface area contributed by atoms with Gasteiger partial charge in [-0.25, -0.2) is 4.79 Å². The minimum atomic E-state index is -1.00. The zero-order valence-corrected chi connectivity index (χ0v) is 16.8. The Kier molecular flexibility index (Phi) is 7.52. The molecule has 28 heavy (non-hydrogen) atoms. The van der Waals surface area contributed by atoms with Gasteiger partial charge in [0.1, 0.15) is 11.3 Å². The molecule has 1 atom stereocenters. The zero-order chi connectivity index (χ0) is 20.7. The van der Waals surface area contributed by atoms with Gasteiger partial charge in [0.15, 0.2) is 17.6 Å². The Morgan fingerprint density at radius 3 is 2.25 bits per heavy atom. The van der Waals surface area contributed by atoms with E-state index in [9.17, 15) is 9.59 Å². The van der Waals surface area contributed by atoms with E-state index in [4.69, 9.17) is 30.5 Å². The van der Waals surface area contributed by atoms with Crippen LogP contribution >= 0.6 is 11.6 Å². The lowest BCUT2D eigenvalue weighted by Gasteiger charge is -2.15. The molecule has 0 radical (unpaired) electrons. The number of carbonyl (C=O) groups excluding carboxylic acids is 2. The molecule has 0 aliphatic rings. The van der Waals surface area contributed by atoms with Crippen LogP contribution in [0.2, 0.25) is 5.02 Å². The van der Waals surface area contributed by atoms with Crippen molar-refractivity contribution in [2.24, 2.45) is 0 Å². The van der Waals surface area contributed by atoms with Gasteiger partial charge in [-0.3, -0.25) is 4.79 Å². The van der Waals surface area contributed by atoms with Crippen molar-refractivity contribution in [3.8, 4) is 17.2 Å². The van der Waals surface area contributed by atoms with Crippen LogP contribution in [0.25, 0.3) is 0 Å². The molecule has 1 amide bonds. The average molecular weight is 408 g/mol. The van der Waals surface area contributed by atoms with Crippen molar-refractivity contribution in [3.63, 3.8) is 0 Å². The number of esters is 1. The number of halogens is 1.